The summed E-state index contributed by atoms with van der Waals surface area (Å²) in [7, 11) is 0. The second kappa shape index (κ2) is 17.3. The van der Waals surface area contributed by atoms with E-state index < -0.39 is 0 Å². The lowest BCUT2D eigenvalue weighted by Crippen LogP contribution is -1.87. The van der Waals surface area contributed by atoms with Crippen LogP contribution in [0.15, 0.2) is 194 Å². The predicted molar refractivity (Wildman–Crippen MR) is 272 cm³/mol. The van der Waals surface area contributed by atoms with Gasteiger partial charge in [-0.05, 0) is 121 Å². The normalized spacial score (nSPS) is 11.4. The Hall–Kier alpha value is -9.15. The number of rotatable bonds is 8. The first-order chi connectivity index (χ1) is 33.6. The first kappa shape index (κ1) is 41.3. The van der Waals surface area contributed by atoms with Gasteiger partial charge in [0.05, 0.1) is 0 Å². The van der Waals surface area contributed by atoms with Gasteiger partial charge < -0.3 is 28.9 Å². The molecule has 0 saturated heterocycles. The summed E-state index contributed by atoms with van der Waals surface area (Å²) in [4.78, 5) is 38.4. The zero-order chi connectivity index (χ0) is 45.0. The summed E-state index contributed by atoms with van der Waals surface area (Å²) in [6.45, 7) is 0. The molecule has 0 saturated carbocycles. The Morgan fingerprint density at radius 2 is 0.536 bits per heavy atom. The second-order valence-corrected chi connectivity index (χ2v) is 16.1. The average molecular weight is 913 g/mol. The van der Waals surface area contributed by atoms with Crippen LogP contribution in [0.1, 0.15) is 0 Å². The summed E-state index contributed by atoms with van der Waals surface area (Å²) < 4.78 is 25.3. The summed E-state index contributed by atoms with van der Waals surface area (Å²) in [6, 6.07) is 62.0. The van der Waals surface area contributed by atoms with Crippen molar-refractivity contribution in [2.24, 2.45) is 0 Å². The van der Waals surface area contributed by atoms with Crippen molar-refractivity contribution in [2.75, 3.05) is 0 Å². The van der Waals surface area contributed by atoms with E-state index in [2.05, 4.69) is 9.97 Å². The van der Waals surface area contributed by atoms with Crippen LogP contribution in [0.3, 0.4) is 0 Å². The minimum absolute atomic E-state index is 0. The number of aromatic nitrogens is 8. The quantitative estimate of drug-likeness (QED) is 0.141. The Kier molecular flexibility index (Phi) is 10.3. The second-order valence-electron chi connectivity index (χ2n) is 16.1. The molecule has 8 bridgehead atoms. The molecule has 3 aromatic heterocycles. The van der Waals surface area contributed by atoms with E-state index in [1.807, 2.05) is 194 Å². The summed E-state index contributed by atoms with van der Waals surface area (Å²) in [6.07, 6.45) is 0. The third-order valence-corrected chi connectivity index (χ3v) is 11.6. The lowest BCUT2D eigenvalue weighted by atomic mass is 10.1. The van der Waals surface area contributed by atoms with Crippen molar-refractivity contribution in [2.45, 2.75) is 0 Å². The van der Waals surface area contributed by atoms with Gasteiger partial charge in [0.15, 0.2) is 40.7 Å². The molecule has 2 N–H and O–H groups in total. The highest BCUT2D eigenvalue weighted by Gasteiger charge is 2.24. The molecule has 0 spiro atoms. The molecule has 0 amide bonds. The van der Waals surface area contributed by atoms with Crippen LogP contribution in [0.5, 0.6) is 46.0 Å². The lowest BCUT2D eigenvalue weighted by molar-refractivity contribution is 0.482. The van der Waals surface area contributed by atoms with Gasteiger partial charge in [-0.1, -0.05) is 72.8 Å². The van der Waals surface area contributed by atoms with Crippen molar-refractivity contribution in [1.29, 1.82) is 0 Å². The van der Waals surface area contributed by atoms with Crippen LogP contribution >= 0.6 is 0 Å². The maximum atomic E-state index is 6.34. The highest BCUT2D eigenvalue weighted by molar-refractivity contribution is 6.07. The van der Waals surface area contributed by atoms with Crippen LogP contribution in [-0.4, -0.2) is 57.2 Å². The van der Waals surface area contributed by atoms with Gasteiger partial charge in [0, 0.05) is 43.8 Å². The number of fused-ring (bicyclic) bond motifs is 20. The molecular formula is C56H37AlN8O4. The van der Waals surface area contributed by atoms with Crippen molar-refractivity contribution < 1.29 is 18.9 Å². The highest BCUT2D eigenvalue weighted by atomic mass is 27.0. The lowest BCUT2D eigenvalue weighted by Gasteiger charge is -2.07. The molecule has 13 heteroatoms. The molecule has 328 valence electrons. The van der Waals surface area contributed by atoms with Crippen molar-refractivity contribution in [3.8, 4) is 91.5 Å². The summed E-state index contributed by atoms with van der Waals surface area (Å²) >= 11 is 0. The molecular weight excluding hydrogens is 876 g/mol. The molecule has 2 aliphatic heterocycles. The number of H-pyrrole nitrogens is 2. The molecule has 69 heavy (non-hydrogen) atoms. The average Bonchev–Trinajstić information content (AvgIpc) is 4.10. The van der Waals surface area contributed by atoms with Gasteiger partial charge in [-0.15, -0.1) is 0 Å². The van der Waals surface area contributed by atoms with Crippen LogP contribution in [0, 0.1) is 0 Å². The molecule has 5 heterocycles. The molecule has 8 aromatic carbocycles. The van der Waals surface area contributed by atoms with Crippen molar-refractivity contribution in [1.82, 2.24) is 39.9 Å². The third-order valence-electron chi connectivity index (χ3n) is 11.6. The van der Waals surface area contributed by atoms with Crippen LogP contribution in [0.25, 0.3) is 89.7 Å². The van der Waals surface area contributed by atoms with E-state index in [0.29, 0.717) is 91.9 Å². The van der Waals surface area contributed by atoms with E-state index in [4.69, 9.17) is 48.9 Å². The number of para-hydroxylation sites is 4. The van der Waals surface area contributed by atoms with E-state index in [-0.39, 0.29) is 17.4 Å². The fourth-order valence-electron chi connectivity index (χ4n) is 8.46. The molecule has 0 fully saturated rings. The van der Waals surface area contributed by atoms with E-state index in [9.17, 15) is 0 Å². The van der Waals surface area contributed by atoms with E-state index in [1.165, 1.54) is 0 Å². The highest BCUT2D eigenvalue weighted by Crippen LogP contribution is 2.41. The Labute approximate surface area is 404 Å². The van der Waals surface area contributed by atoms with Gasteiger partial charge in [-0.3, -0.25) is 0 Å². The zero-order valence-corrected chi connectivity index (χ0v) is 35.8. The summed E-state index contributed by atoms with van der Waals surface area (Å²) in [5.74, 6) is 7.07. The Morgan fingerprint density at radius 1 is 0.246 bits per heavy atom. The molecule has 11 aromatic rings. The van der Waals surface area contributed by atoms with Crippen molar-refractivity contribution in [3.05, 3.63) is 194 Å². The SMILES string of the molecule is [AlH3].c1ccc(Oc2ccc3c(c2)-c2nc-3nc3[nH]c(nc4nc(nc5[nH]c(n2)c2ccc(Oc6ccccc6)cc52)-c2ccc(Oc5ccccc5)cc2-4)c2ccc(Oc4ccccc4)cc32)cc1. The van der Waals surface area contributed by atoms with Crippen LogP contribution < -0.4 is 18.9 Å². The molecule has 12 nitrogen and oxygen atoms in total. The van der Waals surface area contributed by atoms with E-state index in [0.717, 1.165) is 43.8 Å². The van der Waals surface area contributed by atoms with E-state index in [1.54, 1.807) is 0 Å². The number of nitrogens with one attached hydrogen (secondary N) is 2. The Morgan fingerprint density at radius 3 is 0.884 bits per heavy atom. The minimum atomic E-state index is 0. The number of aromatic amines is 2. The number of nitrogens with zero attached hydrogens (tertiary/aromatic N) is 6. The molecule has 0 radical (unpaired) electrons. The summed E-state index contributed by atoms with van der Waals surface area (Å²) in [5, 5.41) is 3.12. The van der Waals surface area contributed by atoms with Crippen LogP contribution in [-0.2, 0) is 0 Å². The fourth-order valence-corrected chi connectivity index (χ4v) is 8.46. The first-order valence-corrected chi connectivity index (χ1v) is 21.9. The largest absolute Gasteiger partial charge is 0.457 e. The maximum absolute atomic E-state index is 6.34. The predicted octanol–water partition coefficient (Wildman–Crippen LogP) is 12.9. The number of ether oxygens (including phenoxy) is 4. The molecule has 2 aliphatic rings. The maximum Gasteiger partial charge on any atom is 0.187 e. The monoisotopic (exact) mass is 912 g/mol. The van der Waals surface area contributed by atoms with Gasteiger partial charge >= 0.3 is 0 Å². The number of hydrogen-bond acceptors (Lipinski definition) is 10. The van der Waals surface area contributed by atoms with Crippen LogP contribution in [0.4, 0.5) is 0 Å². The first-order valence-electron chi connectivity index (χ1n) is 21.9. The van der Waals surface area contributed by atoms with Gasteiger partial charge in [0.1, 0.15) is 68.6 Å². The van der Waals surface area contributed by atoms with Gasteiger partial charge in [0.2, 0.25) is 0 Å². The Bertz CT molecular complexity index is 3670. The number of hydrogen-bond donors (Lipinski definition) is 2. The fraction of sp³-hybridized carbons (Fsp3) is 0. The van der Waals surface area contributed by atoms with Crippen molar-refractivity contribution in [3.63, 3.8) is 0 Å². The molecule has 13 rings (SSSR count). The zero-order valence-electron chi connectivity index (χ0n) is 35.8. The minimum Gasteiger partial charge on any atom is -0.457 e. The van der Waals surface area contributed by atoms with Gasteiger partial charge in [-0.25, -0.2) is 29.9 Å². The molecule has 0 atom stereocenters. The molecule has 0 aliphatic carbocycles. The Balaban J connectivity index is 0.00000492. The standard InChI is InChI=1S/C56H34N8O4.Al.3H/c1-5-13-33(14-6-1)65-37-21-25-41-45(29-37)53-57-49(41)62-54-47-31-39(67-35-17-9-3-10-18-35)23-27-43(47)51(59-54)64-56-48-32-40(68-36-19-11-4-12-20-36)24-28-44(48)52(60-56)63-55-46-30-38(66-34-15-7-2-8-16-34)22-26-42(46)50(58-55)61-53;;;;/h1-32H,(H2,57,58,59,60,61,62,63,64);;;;. The topological polar surface area (TPSA) is 146 Å². The van der Waals surface area contributed by atoms with E-state index >= 15 is 0 Å². The van der Waals surface area contributed by atoms with Crippen LogP contribution in [0.2, 0.25) is 0 Å². The smallest absolute Gasteiger partial charge is 0.187 e. The molecule has 0 unspecified atom stereocenters. The van der Waals surface area contributed by atoms with Gasteiger partial charge in [-0.2, -0.15) is 0 Å². The summed E-state index contributed by atoms with van der Waals surface area (Å²) in [5.41, 5.74) is 5.12. The van der Waals surface area contributed by atoms with Crippen molar-refractivity contribution >= 4 is 61.5 Å². The number of benzene rings is 8. The van der Waals surface area contributed by atoms with Gasteiger partial charge in [0.25, 0.3) is 0 Å². The third kappa shape index (κ3) is 7.93.